The lowest BCUT2D eigenvalue weighted by Crippen LogP contribution is -2.58. The van der Waals surface area contributed by atoms with E-state index >= 15 is 0 Å². The molecule has 8 nitrogen and oxygen atoms in total. The number of carbonyl (C=O) groups is 1. The van der Waals surface area contributed by atoms with Gasteiger partial charge in [0.05, 0.1) is 27.5 Å². The molecular weight excluding hydrogens is 346 g/mol. The number of benzene rings is 1. The van der Waals surface area contributed by atoms with Gasteiger partial charge in [-0.05, 0) is 23.1 Å². The highest BCUT2D eigenvalue weighted by atomic mass is 35.7. The summed E-state index contributed by atoms with van der Waals surface area (Å²) in [5.41, 5.74) is 1.97. The summed E-state index contributed by atoms with van der Waals surface area (Å²) in [6, 6.07) is 8.05. The third-order valence-electron chi connectivity index (χ3n) is 2.89. The number of carbonyl (C=O) groups excluding carboxylic acids is 1. The van der Waals surface area contributed by atoms with Crippen LogP contribution >= 0.6 is 11.8 Å². The molecule has 0 aromatic heterocycles. The van der Waals surface area contributed by atoms with Crippen molar-refractivity contribution < 1.29 is 33.7 Å². The average Bonchev–Trinajstić information content (AvgIpc) is 2.96. The fourth-order valence-corrected chi connectivity index (χ4v) is 2.90. The van der Waals surface area contributed by atoms with Crippen LogP contribution in [0.2, 0.25) is 0 Å². The summed E-state index contributed by atoms with van der Waals surface area (Å²) in [6.45, 7) is 2.39. The maximum atomic E-state index is 11.0. The number of nitrogens with one attached hydrogen (secondary N) is 1. The molecule has 2 heterocycles. The number of aliphatic imine (C=N–C) groups is 1. The molecule has 2 aliphatic heterocycles. The van der Waals surface area contributed by atoms with Crippen LogP contribution in [0.4, 0.5) is 5.69 Å². The number of thioether (sulfide) groups is 1. The molecule has 0 spiro atoms. The summed E-state index contributed by atoms with van der Waals surface area (Å²) in [4.78, 5) is 17.9. The largest absolute Gasteiger partial charge is 0.326 e. The van der Waals surface area contributed by atoms with Crippen molar-refractivity contribution in [2.45, 2.75) is 13.0 Å². The zero-order valence-corrected chi connectivity index (χ0v) is 13.6. The maximum Gasteiger partial charge on any atom is 0.221 e. The predicted molar refractivity (Wildman–Crippen MR) is 76.6 cm³/mol. The van der Waals surface area contributed by atoms with Gasteiger partial charge in [0.25, 0.3) is 0 Å². The second kappa shape index (κ2) is 7.30. The molecule has 0 fully saturated rings. The van der Waals surface area contributed by atoms with Gasteiger partial charge in [-0.25, -0.2) is 0 Å². The summed E-state index contributed by atoms with van der Waals surface area (Å²) >= 11 is 1.65. The van der Waals surface area contributed by atoms with Crippen molar-refractivity contribution in [3.05, 3.63) is 41.4 Å². The second-order valence-corrected chi connectivity index (χ2v) is 6.35. The summed E-state index contributed by atoms with van der Waals surface area (Å²) in [6.07, 6.45) is 2.06. The molecule has 1 aromatic rings. The van der Waals surface area contributed by atoms with E-state index in [-0.39, 0.29) is 11.9 Å². The average molecular weight is 360 g/mol. The van der Waals surface area contributed by atoms with E-state index in [0.29, 0.717) is 0 Å². The van der Waals surface area contributed by atoms with Gasteiger partial charge in [0.15, 0.2) is 5.17 Å². The Labute approximate surface area is 138 Å². The first kappa shape index (κ1) is 17.7. The van der Waals surface area contributed by atoms with Crippen molar-refractivity contribution in [2.75, 3.05) is 11.9 Å². The van der Waals surface area contributed by atoms with E-state index in [1.54, 1.807) is 11.8 Å². The topological polar surface area (TPSA) is 134 Å². The van der Waals surface area contributed by atoms with Crippen molar-refractivity contribution in [1.82, 2.24) is 4.90 Å². The molecule has 2 aliphatic rings. The van der Waals surface area contributed by atoms with E-state index in [4.69, 9.17) is 18.6 Å². The van der Waals surface area contributed by atoms with Gasteiger partial charge in [-0.3, -0.25) is 9.79 Å². The zero-order valence-electron chi connectivity index (χ0n) is 12.0. The zero-order chi connectivity index (χ0) is 17.0. The molecule has 3 rings (SSSR count). The summed E-state index contributed by atoms with van der Waals surface area (Å²) in [5, 5.41) is 5.90. The van der Waals surface area contributed by atoms with Gasteiger partial charge in [0, 0.05) is 18.8 Å². The monoisotopic (exact) mass is 359 g/mol. The Morgan fingerprint density at radius 1 is 1.48 bits per heavy atom. The summed E-state index contributed by atoms with van der Waals surface area (Å²) in [7, 11) is -4.69. The number of hydrogen-bond donors (Lipinski definition) is 2. The minimum Gasteiger partial charge on any atom is -0.326 e. The van der Waals surface area contributed by atoms with Crippen LogP contribution < -0.4 is 19.3 Å². The lowest BCUT2D eigenvalue weighted by Gasteiger charge is -2.12. The van der Waals surface area contributed by atoms with Crippen LogP contribution in [-0.2, 0) is 4.79 Å². The van der Waals surface area contributed by atoms with Crippen LogP contribution in [0.25, 0.3) is 0 Å². The van der Waals surface area contributed by atoms with Gasteiger partial charge in [-0.15, -0.1) is 0 Å². The molecule has 10 heteroatoms. The van der Waals surface area contributed by atoms with Crippen LogP contribution in [0.15, 0.2) is 40.9 Å². The Hall–Kier alpha value is -1.62. The molecule has 1 atom stereocenters. The van der Waals surface area contributed by atoms with Gasteiger partial charge in [0.2, 0.25) is 5.91 Å². The number of halogens is 1. The standard InChI is InChI=1S/C13H13N3OS.ClHO4/c1-9(17)14-11-4-2-3-10(7-11)12-8-16-5-6-18-13(16)15-12;2-1(3,4)5/h2-7,12H,8H2,1H3,(H,14,17);(H,2,3,4,5). The fourth-order valence-electron chi connectivity index (χ4n) is 2.11. The molecule has 124 valence electrons. The van der Waals surface area contributed by atoms with Crippen LogP contribution in [0.3, 0.4) is 0 Å². The van der Waals surface area contributed by atoms with Crippen molar-refractivity contribution >= 4 is 28.5 Å². The van der Waals surface area contributed by atoms with Crippen LogP contribution in [0, 0.1) is 10.2 Å². The van der Waals surface area contributed by atoms with E-state index < -0.39 is 10.2 Å². The third-order valence-corrected chi connectivity index (χ3v) is 3.70. The Morgan fingerprint density at radius 3 is 2.78 bits per heavy atom. The predicted octanol–water partition coefficient (Wildman–Crippen LogP) is -1.55. The lowest BCUT2D eigenvalue weighted by atomic mass is 10.1. The number of nitrogens with zero attached hydrogens (tertiary/aromatic N) is 2. The number of rotatable bonds is 2. The fraction of sp³-hybridized carbons (Fsp3) is 0.231. The molecule has 0 aliphatic carbocycles. The van der Waals surface area contributed by atoms with E-state index in [9.17, 15) is 4.79 Å². The first-order chi connectivity index (χ1) is 10.7. The molecule has 2 N–H and O–H groups in total. The number of amides is 1. The molecule has 23 heavy (non-hydrogen) atoms. The van der Waals surface area contributed by atoms with Crippen LogP contribution in [0.5, 0.6) is 0 Å². The molecule has 0 saturated heterocycles. The minimum atomic E-state index is -4.69. The Balaban J connectivity index is 0.000000338. The van der Waals surface area contributed by atoms with E-state index in [2.05, 4.69) is 27.5 Å². The molecule has 1 aromatic carbocycles. The molecule has 1 amide bonds. The minimum absolute atomic E-state index is 0.0519. The van der Waals surface area contributed by atoms with Gasteiger partial charge >= 0.3 is 0 Å². The molecular formula is C13H14ClN3O5S. The number of hydrogen-bond acceptors (Lipinski definition) is 8. The first-order valence-electron chi connectivity index (χ1n) is 6.41. The highest BCUT2D eigenvalue weighted by Gasteiger charge is 2.27. The summed E-state index contributed by atoms with van der Waals surface area (Å²) in [5.74, 6) is -0.0519. The first-order valence-corrected chi connectivity index (χ1v) is 8.55. The van der Waals surface area contributed by atoms with Gasteiger partial charge in [-0.1, -0.05) is 23.9 Å². The van der Waals surface area contributed by atoms with Gasteiger partial charge in [0.1, 0.15) is 0 Å². The van der Waals surface area contributed by atoms with Crippen molar-refractivity contribution in [2.24, 2.45) is 4.99 Å². The summed E-state index contributed by atoms with van der Waals surface area (Å²) < 4.78 is 32.7. The SMILES string of the molecule is CC(=O)Nc1cccc(C2CN3C=CSC3=N2)c1.[O-][Cl+3]([O-])([O-])O. The Bertz CT molecular complexity index is 641. The number of fused-ring (bicyclic) bond motifs is 1. The second-order valence-electron chi connectivity index (χ2n) is 4.69. The van der Waals surface area contributed by atoms with Crippen molar-refractivity contribution in [3.63, 3.8) is 0 Å². The maximum absolute atomic E-state index is 11.0. The third kappa shape index (κ3) is 5.82. The van der Waals surface area contributed by atoms with E-state index in [1.807, 2.05) is 23.6 Å². The molecule has 0 bridgehead atoms. The smallest absolute Gasteiger partial charge is 0.221 e. The van der Waals surface area contributed by atoms with Gasteiger partial charge in [-0.2, -0.15) is 14.0 Å². The highest BCUT2D eigenvalue weighted by molar-refractivity contribution is 8.16. The van der Waals surface area contributed by atoms with E-state index in [0.717, 1.165) is 23.0 Å². The normalized spacial score (nSPS) is 18.9. The molecule has 0 saturated carbocycles. The molecule has 1 unspecified atom stereocenters. The Morgan fingerprint density at radius 2 is 2.17 bits per heavy atom. The van der Waals surface area contributed by atoms with Crippen molar-refractivity contribution in [3.8, 4) is 0 Å². The quantitative estimate of drug-likeness (QED) is 0.652. The lowest BCUT2D eigenvalue weighted by molar-refractivity contribution is -1.92. The molecule has 0 radical (unpaired) electrons. The van der Waals surface area contributed by atoms with Crippen LogP contribution in [-0.4, -0.2) is 27.2 Å². The van der Waals surface area contributed by atoms with Gasteiger partial charge < -0.3 is 10.2 Å². The number of anilines is 1. The Kier molecular flexibility index (Phi) is 5.63. The highest BCUT2D eigenvalue weighted by Crippen LogP contribution is 2.33. The number of amidine groups is 1. The van der Waals surface area contributed by atoms with Crippen molar-refractivity contribution in [1.29, 1.82) is 0 Å². The van der Waals surface area contributed by atoms with E-state index in [1.165, 1.54) is 6.92 Å². The van der Waals surface area contributed by atoms with Crippen LogP contribution in [0.1, 0.15) is 18.5 Å².